The molecule has 0 saturated heterocycles. The van der Waals surface area contributed by atoms with Crippen molar-refractivity contribution in [3.8, 4) is 22.9 Å². The lowest BCUT2D eigenvalue weighted by Crippen LogP contribution is -2.23. The molecule has 3 aromatic rings. The van der Waals surface area contributed by atoms with Gasteiger partial charge in [-0.15, -0.1) is 0 Å². The fraction of sp³-hybridized carbons (Fsp3) is 0.200. The Bertz CT molecular complexity index is 1070. The highest BCUT2D eigenvalue weighted by atomic mass is 35.5. The SMILES string of the molecule is O=c1cc(CO)n2c(n1)OC(COc1ccc(-c3cccc(Cl)c3Cl)cc1)C2. The molecule has 1 N–H and O–H groups in total. The Labute approximate surface area is 170 Å². The Morgan fingerprint density at radius 3 is 2.75 bits per heavy atom. The van der Waals surface area contributed by atoms with E-state index in [1.54, 1.807) is 10.6 Å². The molecule has 1 aromatic heterocycles. The highest BCUT2D eigenvalue weighted by molar-refractivity contribution is 6.43. The lowest BCUT2D eigenvalue weighted by atomic mass is 10.1. The lowest BCUT2D eigenvalue weighted by molar-refractivity contribution is 0.143. The zero-order valence-electron chi connectivity index (χ0n) is 14.6. The Morgan fingerprint density at radius 1 is 1.21 bits per heavy atom. The first-order chi connectivity index (χ1) is 13.5. The number of aliphatic hydroxyl groups excluding tert-OH is 1. The Hall–Kier alpha value is -2.54. The van der Waals surface area contributed by atoms with Gasteiger partial charge in [0.1, 0.15) is 12.4 Å². The average Bonchev–Trinajstić information content (AvgIpc) is 3.11. The molecule has 6 nitrogen and oxygen atoms in total. The van der Waals surface area contributed by atoms with Gasteiger partial charge in [0.25, 0.3) is 5.56 Å². The Balaban J connectivity index is 1.42. The molecule has 28 heavy (non-hydrogen) atoms. The van der Waals surface area contributed by atoms with Crippen molar-refractivity contribution in [1.82, 2.24) is 9.55 Å². The number of benzene rings is 2. The van der Waals surface area contributed by atoms with Crippen molar-refractivity contribution in [2.75, 3.05) is 6.61 Å². The summed E-state index contributed by atoms with van der Waals surface area (Å²) in [6, 6.07) is 14.5. The van der Waals surface area contributed by atoms with Crippen molar-refractivity contribution in [3.05, 3.63) is 74.6 Å². The maximum Gasteiger partial charge on any atom is 0.300 e. The molecule has 1 atom stereocenters. The predicted molar refractivity (Wildman–Crippen MR) is 106 cm³/mol. The highest BCUT2D eigenvalue weighted by Crippen LogP contribution is 2.34. The fourth-order valence-corrected chi connectivity index (χ4v) is 3.48. The summed E-state index contributed by atoms with van der Waals surface area (Å²) in [4.78, 5) is 15.3. The molecule has 0 fully saturated rings. The van der Waals surface area contributed by atoms with E-state index in [-0.39, 0.29) is 25.3 Å². The zero-order valence-corrected chi connectivity index (χ0v) is 16.2. The molecule has 0 bridgehead atoms. The van der Waals surface area contributed by atoms with Crippen molar-refractivity contribution in [2.24, 2.45) is 0 Å². The van der Waals surface area contributed by atoms with Crippen LogP contribution in [-0.4, -0.2) is 27.4 Å². The maximum atomic E-state index is 11.5. The number of aromatic nitrogens is 2. The fourth-order valence-electron chi connectivity index (χ4n) is 3.07. The van der Waals surface area contributed by atoms with Gasteiger partial charge in [-0.3, -0.25) is 9.36 Å². The summed E-state index contributed by atoms with van der Waals surface area (Å²) in [6.07, 6.45) is -0.304. The van der Waals surface area contributed by atoms with E-state index >= 15 is 0 Å². The normalized spacial score (nSPS) is 15.2. The van der Waals surface area contributed by atoms with Gasteiger partial charge in [0.05, 0.1) is 28.9 Å². The van der Waals surface area contributed by atoms with Crippen LogP contribution in [0.1, 0.15) is 5.69 Å². The van der Waals surface area contributed by atoms with Gasteiger partial charge in [0.15, 0.2) is 6.10 Å². The van der Waals surface area contributed by atoms with Crippen molar-refractivity contribution >= 4 is 23.2 Å². The van der Waals surface area contributed by atoms with Crippen molar-refractivity contribution in [1.29, 1.82) is 0 Å². The van der Waals surface area contributed by atoms with Crippen LogP contribution in [0.5, 0.6) is 11.8 Å². The van der Waals surface area contributed by atoms with Crippen LogP contribution >= 0.6 is 23.2 Å². The van der Waals surface area contributed by atoms with E-state index in [0.29, 0.717) is 28.0 Å². The van der Waals surface area contributed by atoms with E-state index in [0.717, 1.165) is 11.1 Å². The smallest absolute Gasteiger partial charge is 0.300 e. The zero-order chi connectivity index (χ0) is 19.7. The highest BCUT2D eigenvalue weighted by Gasteiger charge is 2.26. The van der Waals surface area contributed by atoms with E-state index in [4.69, 9.17) is 32.7 Å². The van der Waals surface area contributed by atoms with Gasteiger partial charge in [-0.1, -0.05) is 47.5 Å². The molecule has 8 heteroatoms. The van der Waals surface area contributed by atoms with Crippen LogP contribution in [-0.2, 0) is 13.2 Å². The average molecular weight is 419 g/mol. The van der Waals surface area contributed by atoms with Crippen LogP contribution < -0.4 is 15.0 Å². The summed E-state index contributed by atoms with van der Waals surface area (Å²) >= 11 is 12.3. The topological polar surface area (TPSA) is 73.6 Å². The number of halogens is 2. The first-order valence-electron chi connectivity index (χ1n) is 8.60. The van der Waals surface area contributed by atoms with Crippen LogP contribution in [0.4, 0.5) is 0 Å². The third kappa shape index (κ3) is 3.71. The molecule has 0 amide bonds. The van der Waals surface area contributed by atoms with Gasteiger partial charge in [-0.25, -0.2) is 0 Å². The Kier molecular flexibility index (Phi) is 5.26. The summed E-state index contributed by atoms with van der Waals surface area (Å²) < 4.78 is 13.1. The number of nitrogens with zero attached hydrogens (tertiary/aromatic N) is 2. The third-order valence-electron chi connectivity index (χ3n) is 4.45. The van der Waals surface area contributed by atoms with Crippen molar-refractivity contribution in [3.63, 3.8) is 0 Å². The number of hydrogen-bond acceptors (Lipinski definition) is 5. The monoisotopic (exact) mass is 418 g/mol. The molecular weight excluding hydrogens is 403 g/mol. The molecule has 2 heterocycles. The van der Waals surface area contributed by atoms with E-state index in [2.05, 4.69) is 4.98 Å². The van der Waals surface area contributed by atoms with Gasteiger partial charge in [-0.2, -0.15) is 4.98 Å². The van der Waals surface area contributed by atoms with Crippen molar-refractivity contribution < 1.29 is 14.6 Å². The standard InChI is InChI=1S/C20H16Cl2N2O4/c21-17-3-1-2-16(19(17)22)12-4-6-14(7-5-12)27-11-15-9-24-13(10-25)8-18(26)23-20(24)28-15/h1-8,15,25H,9-11H2. The molecule has 4 rings (SSSR count). The molecule has 2 aromatic carbocycles. The molecule has 144 valence electrons. The van der Waals surface area contributed by atoms with Gasteiger partial charge >= 0.3 is 6.01 Å². The van der Waals surface area contributed by atoms with E-state index in [1.165, 1.54) is 6.07 Å². The lowest BCUT2D eigenvalue weighted by Gasteiger charge is -2.12. The second kappa shape index (κ2) is 7.83. The molecule has 0 spiro atoms. The van der Waals surface area contributed by atoms with E-state index in [1.807, 2.05) is 36.4 Å². The molecule has 1 aliphatic heterocycles. The largest absolute Gasteiger partial charge is 0.490 e. The van der Waals surface area contributed by atoms with E-state index in [9.17, 15) is 9.90 Å². The van der Waals surface area contributed by atoms with Crippen LogP contribution in [0.25, 0.3) is 11.1 Å². The van der Waals surface area contributed by atoms with Crippen LogP contribution in [0.2, 0.25) is 10.0 Å². The summed E-state index contributed by atoms with van der Waals surface area (Å²) in [5, 5.41) is 10.4. The molecular formula is C20H16Cl2N2O4. The number of fused-ring (bicyclic) bond motifs is 1. The summed E-state index contributed by atoms with van der Waals surface area (Å²) in [7, 11) is 0. The number of ether oxygens (including phenoxy) is 2. The molecule has 0 aliphatic carbocycles. The van der Waals surface area contributed by atoms with Gasteiger partial charge in [-0.05, 0) is 23.8 Å². The minimum absolute atomic E-state index is 0.205. The van der Waals surface area contributed by atoms with Gasteiger partial charge in [0.2, 0.25) is 0 Å². The quantitative estimate of drug-likeness (QED) is 0.685. The molecule has 0 radical (unpaired) electrons. The maximum absolute atomic E-state index is 11.5. The third-order valence-corrected chi connectivity index (χ3v) is 5.27. The predicted octanol–water partition coefficient (Wildman–Crippen LogP) is 3.55. The van der Waals surface area contributed by atoms with Crippen LogP contribution in [0.3, 0.4) is 0 Å². The second-order valence-corrected chi connectivity index (χ2v) is 7.10. The van der Waals surface area contributed by atoms with Gasteiger partial charge < -0.3 is 14.6 Å². The number of hydrogen-bond donors (Lipinski definition) is 1. The first kappa shape index (κ1) is 18.8. The summed E-state index contributed by atoms with van der Waals surface area (Å²) in [6.45, 7) is 0.476. The molecule has 1 unspecified atom stereocenters. The minimum Gasteiger partial charge on any atom is -0.490 e. The van der Waals surface area contributed by atoms with Crippen molar-refractivity contribution in [2.45, 2.75) is 19.3 Å². The molecule has 0 saturated carbocycles. The molecule has 1 aliphatic rings. The van der Waals surface area contributed by atoms with E-state index < -0.39 is 5.56 Å². The van der Waals surface area contributed by atoms with Crippen LogP contribution in [0.15, 0.2) is 53.3 Å². The Morgan fingerprint density at radius 2 is 2.00 bits per heavy atom. The number of rotatable bonds is 5. The number of aliphatic hydroxyl groups is 1. The summed E-state index contributed by atoms with van der Waals surface area (Å²) in [5.41, 5.74) is 1.81. The van der Waals surface area contributed by atoms with Crippen LogP contribution in [0, 0.1) is 0 Å². The van der Waals surface area contributed by atoms with Gasteiger partial charge in [0, 0.05) is 11.6 Å². The first-order valence-corrected chi connectivity index (χ1v) is 9.36. The minimum atomic E-state index is -0.438. The second-order valence-electron chi connectivity index (χ2n) is 6.31. The summed E-state index contributed by atoms with van der Waals surface area (Å²) in [5.74, 6) is 0.673.